The Bertz CT molecular complexity index is 932. The van der Waals surface area contributed by atoms with Gasteiger partial charge in [0.25, 0.3) is 5.91 Å². The number of aryl methyl sites for hydroxylation is 2. The Morgan fingerprint density at radius 3 is 2.62 bits per heavy atom. The predicted octanol–water partition coefficient (Wildman–Crippen LogP) is 3.87. The largest absolute Gasteiger partial charge is 0.379 e. The maximum atomic E-state index is 11.6. The summed E-state index contributed by atoms with van der Waals surface area (Å²) in [6, 6.07) is 13.8. The van der Waals surface area contributed by atoms with Crippen molar-refractivity contribution in [3.05, 3.63) is 70.4 Å². The number of hydrogen-bond donors (Lipinski definition) is 2. The van der Waals surface area contributed by atoms with Gasteiger partial charge < -0.3 is 11.1 Å². The lowest BCUT2D eigenvalue weighted by atomic mass is 10.0. The quantitative estimate of drug-likeness (QED) is 0.767. The van der Waals surface area contributed by atoms with Crippen LogP contribution in [0.2, 0.25) is 0 Å². The third-order valence-electron chi connectivity index (χ3n) is 4.49. The molecule has 0 fully saturated rings. The molecule has 4 heteroatoms. The van der Waals surface area contributed by atoms with Crippen LogP contribution < -0.4 is 11.1 Å². The molecule has 3 aromatic rings. The Morgan fingerprint density at radius 2 is 1.88 bits per heavy atom. The molecule has 0 atom stereocenters. The maximum absolute atomic E-state index is 11.6. The molecule has 2 aromatic carbocycles. The van der Waals surface area contributed by atoms with E-state index in [2.05, 4.69) is 42.3 Å². The highest BCUT2D eigenvalue weighted by Crippen LogP contribution is 2.24. The van der Waals surface area contributed by atoms with E-state index in [1.54, 1.807) is 6.07 Å². The molecule has 4 nitrogen and oxygen atoms in total. The molecule has 0 saturated heterocycles. The summed E-state index contributed by atoms with van der Waals surface area (Å²) in [5, 5.41) is 4.36. The van der Waals surface area contributed by atoms with Gasteiger partial charge in [0, 0.05) is 11.9 Å². The number of nitrogens with zero attached hydrogens (tertiary/aromatic N) is 1. The molecule has 122 valence electrons. The Hall–Kier alpha value is -2.88. The second kappa shape index (κ2) is 6.32. The summed E-state index contributed by atoms with van der Waals surface area (Å²) < 4.78 is 0. The minimum atomic E-state index is -0.455. The first-order valence-corrected chi connectivity index (χ1v) is 7.96. The molecular weight excluding hydrogens is 298 g/mol. The lowest BCUT2D eigenvalue weighted by molar-refractivity contribution is 0.100. The second-order valence-corrected chi connectivity index (χ2v) is 6.08. The van der Waals surface area contributed by atoms with E-state index in [9.17, 15) is 4.79 Å². The van der Waals surface area contributed by atoms with Crippen molar-refractivity contribution in [3.8, 4) is 0 Å². The number of rotatable bonds is 4. The van der Waals surface area contributed by atoms with E-state index in [1.807, 2.05) is 25.1 Å². The highest BCUT2D eigenvalue weighted by atomic mass is 16.1. The number of pyridine rings is 1. The fourth-order valence-corrected chi connectivity index (χ4v) is 2.86. The van der Waals surface area contributed by atoms with Crippen molar-refractivity contribution in [1.82, 2.24) is 4.98 Å². The molecule has 3 rings (SSSR count). The number of primary amides is 1. The fourth-order valence-electron chi connectivity index (χ4n) is 2.86. The zero-order valence-corrected chi connectivity index (χ0v) is 14.2. The van der Waals surface area contributed by atoms with Gasteiger partial charge in [-0.1, -0.05) is 30.3 Å². The van der Waals surface area contributed by atoms with Crippen LogP contribution in [0, 0.1) is 20.8 Å². The molecular formula is C20H21N3O. The minimum absolute atomic E-state index is 0.455. The number of nitrogens with two attached hydrogens (primary N) is 1. The van der Waals surface area contributed by atoms with Crippen LogP contribution in [0.3, 0.4) is 0 Å². The van der Waals surface area contributed by atoms with Crippen LogP contribution in [-0.2, 0) is 6.54 Å². The predicted molar refractivity (Wildman–Crippen MR) is 98.2 cm³/mol. The van der Waals surface area contributed by atoms with E-state index in [0.29, 0.717) is 11.1 Å². The van der Waals surface area contributed by atoms with Crippen LogP contribution in [-0.4, -0.2) is 10.9 Å². The molecule has 1 amide bonds. The zero-order valence-electron chi connectivity index (χ0n) is 14.2. The molecule has 0 aliphatic rings. The number of carbonyl (C=O) groups is 1. The number of aromatic nitrogens is 1. The molecule has 0 bridgehead atoms. The van der Waals surface area contributed by atoms with Gasteiger partial charge in [-0.15, -0.1) is 0 Å². The van der Waals surface area contributed by atoms with Crippen molar-refractivity contribution in [2.45, 2.75) is 27.3 Å². The smallest absolute Gasteiger partial charge is 0.250 e. The fraction of sp³-hybridized carbons (Fsp3) is 0.200. The number of benzene rings is 2. The summed E-state index contributed by atoms with van der Waals surface area (Å²) >= 11 is 0. The van der Waals surface area contributed by atoms with E-state index in [4.69, 9.17) is 5.73 Å². The van der Waals surface area contributed by atoms with Gasteiger partial charge in [0.1, 0.15) is 0 Å². The van der Waals surface area contributed by atoms with Gasteiger partial charge in [0.15, 0.2) is 0 Å². The van der Waals surface area contributed by atoms with Crippen LogP contribution in [0.15, 0.2) is 42.5 Å². The first-order chi connectivity index (χ1) is 11.5. The van der Waals surface area contributed by atoms with Crippen LogP contribution in [0.4, 0.5) is 5.69 Å². The van der Waals surface area contributed by atoms with E-state index >= 15 is 0 Å². The topological polar surface area (TPSA) is 68.0 Å². The number of nitrogens with one attached hydrogen (secondary N) is 1. The summed E-state index contributed by atoms with van der Waals surface area (Å²) in [7, 11) is 0. The Kier molecular flexibility index (Phi) is 4.21. The average molecular weight is 319 g/mol. The van der Waals surface area contributed by atoms with Crippen molar-refractivity contribution in [2.75, 3.05) is 5.32 Å². The van der Waals surface area contributed by atoms with Crippen molar-refractivity contribution in [1.29, 1.82) is 0 Å². The number of amides is 1. The normalized spacial score (nSPS) is 10.8. The number of hydrogen-bond acceptors (Lipinski definition) is 3. The summed E-state index contributed by atoms with van der Waals surface area (Å²) in [6.07, 6.45) is 0. The molecule has 24 heavy (non-hydrogen) atoms. The third kappa shape index (κ3) is 2.95. The van der Waals surface area contributed by atoms with E-state index < -0.39 is 5.91 Å². The summed E-state index contributed by atoms with van der Waals surface area (Å²) in [4.78, 5) is 16.1. The molecule has 0 aliphatic carbocycles. The van der Waals surface area contributed by atoms with Gasteiger partial charge in [0.2, 0.25) is 0 Å². The summed E-state index contributed by atoms with van der Waals surface area (Å²) in [6.45, 7) is 6.92. The van der Waals surface area contributed by atoms with Gasteiger partial charge in [-0.3, -0.25) is 9.78 Å². The molecule has 1 aromatic heterocycles. The highest BCUT2D eigenvalue weighted by Gasteiger charge is 2.10. The SMILES string of the molecule is Cc1cccc(CNc2cc3cccc(C(N)=O)c3nc2C)c1C. The maximum Gasteiger partial charge on any atom is 0.250 e. The van der Waals surface area contributed by atoms with Gasteiger partial charge in [0.05, 0.1) is 22.5 Å². The van der Waals surface area contributed by atoms with Crippen LogP contribution in [0.25, 0.3) is 10.9 Å². The molecule has 0 saturated carbocycles. The van der Waals surface area contributed by atoms with E-state index in [-0.39, 0.29) is 0 Å². The van der Waals surface area contributed by atoms with Gasteiger partial charge in [-0.25, -0.2) is 0 Å². The Morgan fingerprint density at radius 1 is 1.12 bits per heavy atom. The van der Waals surface area contributed by atoms with Crippen molar-refractivity contribution < 1.29 is 4.79 Å². The van der Waals surface area contributed by atoms with Crippen molar-refractivity contribution in [2.24, 2.45) is 5.73 Å². The lowest BCUT2D eigenvalue weighted by Gasteiger charge is -2.14. The first kappa shape index (κ1) is 16.0. The number of fused-ring (bicyclic) bond motifs is 1. The molecule has 0 unspecified atom stereocenters. The van der Waals surface area contributed by atoms with Crippen molar-refractivity contribution >= 4 is 22.5 Å². The summed E-state index contributed by atoms with van der Waals surface area (Å²) in [5.74, 6) is -0.455. The lowest BCUT2D eigenvalue weighted by Crippen LogP contribution is -2.12. The van der Waals surface area contributed by atoms with E-state index in [0.717, 1.165) is 23.3 Å². The minimum Gasteiger partial charge on any atom is -0.379 e. The Labute approximate surface area is 141 Å². The monoisotopic (exact) mass is 319 g/mol. The molecule has 3 N–H and O–H groups in total. The van der Waals surface area contributed by atoms with Crippen LogP contribution >= 0.6 is 0 Å². The molecule has 0 aliphatic heterocycles. The molecule has 0 spiro atoms. The Balaban J connectivity index is 1.94. The summed E-state index contributed by atoms with van der Waals surface area (Å²) in [5.41, 5.74) is 12.2. The molecule has 0 radical (unpaired) electrons. The number of para-hydroxylation sites is 1. The van der Waals surface area contributed by atoms with E-state index in [1.165, 1.54) is 16.7 Å². The zero-order chi connectivity index (χ0) is 17.3. The van der Waals surface area contributed by atoms with Gasteiger partial charge in [-0.2, -0.15) is 0 Å². The standard InChI is InChI=1S/C20H21N3O/c1-12-6-4-8-16(13(12)2)11-22-18-10-15-7-5-9-17(20(21)24)19(15)23-14(18)3/h4-10,22H,11H2,1-3H3,(H2,21,24). The highest BCUT2D eigenvalue weighted by molar-refractivity contribution is 6.05. The third-order valence-corrected chi connectivity index (χ3v) is 4.49. The molecule has 1 heterocycles. The van der Waals surface area contributed by atoms with Crippen LogP contribution in [0.5, 0.6) is 0 Å². The number of anilines is 1. The second-order valence-electron chi connectivity index (χ2n) is 6.08. The van der Waals surface area contributed by atoms with Gasteiger partial charge >= 0.3 is 0 Å². The average Bonchev–Trinajstić information content (AvgIpc) is 2.55. The van der Waals surface area contributed by atoms with Crippen molar-refractivity contribution in [3.63, 3.8) is 0 Å². The first-order valence-electron chi connectivity index (χ1n) is 7.96. The van der Waals surface area contributed by atoms with Crippen LogP contribution in [0.1, 0.15) is 32.7 Å². The van der Waals surface area contributed by atoms with Gasteiger partial charge in [-0.05, 0) is 49.6 Å². The number of carbonyl (C=O) groups excluding carboxylic acids is 1.